The molecule has 20 heavy (non-hydrogen) atoms. The van der Waals surface area contributed by atoms with Crippen LogP contribution in [0.25, 0.3) is 0 Å². The summed E-state index contributed by atoms with van der Waals surface area (Å²) in [5.74, 6) is 0.952. The summed E-state index contributed by atoms with van der Waals surface area (Å²) in [4.78, 5) is 3.45. The van der Waals surface area contributed by atoms with Gasteiger partial charge in [0.15, 0.2) is 0 Å². The second kappa shape index (κ2) is 4.85. The predicted molar refractivity (Wildman–Crippen MR) is 67.2 cm³/mol. The van der Waals surface area contributed by atoms with Crippen molar-refractivity contribution in [2.75, 3.05) is 5.32 Å². The largest absolute Gasteiger partial charge is 0.469 e. The van der Waals surface area contributed by atoms with Gasteiger partial charge in [0.05, 0.1) is 24.2 Å². The second-order valence-electron chi connectivity index (χ2n) is 4.82. The first kappa shape index (κ1) is 13.0. The maximum Gasteiger partial charge on any atom is 0.433 e. The number of fused-ring (bicyclic) bond motifs is 1. The number of nitrogens with one attached hydrogen (secondary N) is 1. The highest BCUT2D eigenvalue weighted by molar-refractivity contribution is 5.45. The van der Waals surface area contributed by atoms with Crippen LogP contribution in [0.4, 0.5) is 18.9 Å². The number of pyridine rings is 1. The van der Waals surface area contributed by atoms with E-state index < -0.39 is 11.9 Å². The number of rotatable bonds is 2. The molecule has 3 rings (SSSR count). The van der Waals surface area contributed by atoms with Crippen LogP contribution in [-0.2, 0) is 12.6 Å². The Morgan fingerprint density at radius 1 is 1.25 bits per heavy atom. The van der Waals surface area contributed by atoms with Crippen molar-refractivity contribution in [1.29, 1.82) is 0 Å². The Kier molecular flexibility index (Phi) is 3.16. The molecule has 1 aliphatic carbocycles. The number of furan rings is 1. The van der Waals surface area contributed by atoms with Gasteiger partial charge in [-0.15, -0.1) is 0 Å². The standard InChI is InChI=1S/C14H13F3N2O/c15-14(16,17)13-5-4-9(8-18-13)19-11-2-1-3-12-10(11)6-7-20-12/h4-8,11,19H,1-3H2. The third-order valence-corrected chi connectivity index (χ3v) is 3.45. The van der Waals surface area contributed by atoms with Crippen LogP contribution in [0.3, 0.4) is 0 Å². The Morgan fingerprint density at radius 2 is 2.10 bits per heavy atom. The van der Waals surface area contributed by atoms with Gasteiger partial charge >= 0.3 is 6.18 Å². The van der Waals surface area contributed by atoms with E-state index in [0.29, 0.717) is 5.69 Å². The Hall–Kier alpha value is -1.98. The summed E-state index contributed by atoms with van der Waals surface area (Å²) < 4.78 is 42.7. The predicted octanol–water partition coefficient (Wildman–Crippen LogP) is 4.18. The summed E-state index contributed by atoms with van der Waals surface area (Å²) in [5.41, 5.74) is 0.781. The van der Waals surface area contributed by atoms with Crippen LogP contribution >= 0.6 is 0 Å². The van der Waals surface area contributed by atoms with Crippen LogP contribution in [0.2, 0.25) is 0 Å². The van der Waals surface area contributed by atoms with Gasteiger partial charge in [-0.2, -0.15) is 13.2 Å². The second-order valence-corrected chi connectivity index (χ2v) is 4.82. The summed E-state index contributed by atoms with van der Waals surface area (Å²) >= 11 is 0. The molecule has 2 aromatic rings. The van der Waals surface area contributed by atoms with E-state index in [1.165, 1.54) is 12.3 Å². The van der Waals surface area contributed by atoms with Gasteiger partial charge in [0.25, 0.3) is 0 Å². The molecule has 0 saturated heterocycles. The highest BCUT2D eigenvalue weighted by Crippen LogP contribution is 2.33. The highest BCUT2D eigenvalue weighted by Gasteiger charge is 2.32. The summed E-state index contributed by atoms with van der Waals surface area (Å²) in [6, 6.07) is 4.37. The van der Waals surface area contributed by atoms with Crippen LogP contribution < -0.4 is 5.32 Å². The molecule has 0 saturated carbocycles. The molecule has 0 aliphatic heterocycles. The van der Waals surface area contributed by atoms with Gasteiger partial charge in [0, 0.05) is 12.0 Å². The summed E-state index contributed by atoms with van der Waals surface area (Å²) in [6.45, 7) is 0. The first-order chi connectivity index (χ1) is 9.54. The maximum absolute atomic E-state index is 12.4. The molecule has 0 spiro atoms. The fraction of sp³-hybridized carbons (Fsp3) is 0.357. The van der Waals surface area contributed by atoms with Gasteiger partial charge in [-0.05, 0) is 31.0 Å². The number of hydrogen-bond donors (Lipinski definition) is 1. The lowest BCUT2D eigenvalue weighted by Crippen LogP contribution is -2.16. The summed E-state index contributed by atoms with van der Waals surface area (Å²) in [7, 11) is 0. The van der Waals surface area contributed by atoms with Crippen molar-refractivity contribution >= 4 is 5.69 Å². The molecule has 1 unspecified atom stereocenters. The van der Waals surface area contributed by atoms with Gasteiger partial charge in [-0.25, -0.2) is 4.98 Å². The molecular weight excluding hydrogens is 269 g/mol. The number of aromatic nitrogens is 1. The molecule has 0 amide bonds. The number of hydrogen-bond acceptors (Lipinski definition) is 3. The molecule has 1 N–H and O–H groups in total. The molecule has 2 heterocycles. The van der Waals surface area contributed by atoms with Gasteiger partial charge in [0.1, 0.15) is 11.5 Å². The van der Waals surface area contributed by atoms with E-state index in [1.54, 1.807) is 6.26 Å². The SMILES string of the molecule is FC(F)(F)c1ccc(NC2CCCc3occc32)cn1. The zero-order valence-corrected chi connectivity index (χ0v) is 10.6. The van der Waals surface area contributed by atoms with Crippen LogP contribution in [-0.4, -0.2) is 4.98 Å². The average molecular weight is 282 g/mol. The Labute approximate surface area is 113 Å². The zero-order chi connectivity index (χ0) is 14.2. The third kappa shape index (κ3) is 2.50. The first-order valence-corrected chi connectivity index (χ1v) is 6.40. The Bertz CT molecular complexity index is 589. The molecule has 0 aromatic carbocycles. The van der Waals surface area contributed by atoms with Gasteiger partial charge < -0.3 is 9.73 Å². The number of nitrogens with zero attached hydrogens (tertiary/aromatic N) is 1. The first-order valence-electron chi connectivity index (χ1n) is 6.40. The monoisotopic (exact) mass is 282 g/mol. The quantitative estimate of drug-likeness (QED) is 0.897. The number of halogens is 3. The maximum atomic E-state index is 12.4. The van der Waals surface area contributed by atoms with Crippen LogP contribution in [0, 0.1) is 0 Å². The van der Waals surface area contributed by atoms with E-state index in [4.69, 9.17) is 4.42 Å². The lowest BCUT2D eigenvalue weighted by Gasteiger charge is -2.23. The van der Waals surface area contributed by atoms with Gasteiger partial charge in [-0.1, -0.05) is 0 Å². The molecule has 3 nitrogen and oxygen atoms in total. The fourth-order valence-electron chi connectivity index (χ4n) is 2.48. The van der Waals surface area contributed by atoms with E-state index in [-0.39, 0.29) is 6.04 Å². The average Bonchev–Trinajstić information content (AvgIpc) is 2.88. The normalized spacial score (nSPS) is 18.6. The number of anilines is 1. The van der Waals surface area contributed by atoms with Crippen molar-refractivity contribution in [1.82, 2.24) is 4.98 Å². The molecule has 0 radical (unpaired) electrons. The molecule has 0 bridgehead atoms. The van der Waals surface area contributed by atoms with Crippen molar-refractivity contribution in [3.63, 3.8) is 0 Å². The van der Waals surface area contributed by atoms with Crippen molar-refractivity contribution < 1.29 is 17.6 Å². The molecule has 6 heteroatoms. The minimum atomic E-state index is -4.40. The smallest absolute Gasteiger partial charge is 0.433 e. The molecular formula is C14H13F3N2O. The summed E-state index contributed by atoms with van der Waals surface area (Å²) in [6.07, 6.45) is 1.29. The van der Waals surface area contributed by atoms with E-state index in [2.05, 4.69) is 10.3 Å². The van der Waals surface area contributed by atoms with E-state index in [0.717, 1.165) is 36.7 Å². The van der Waals surface area contributed by atoms with Crippen molar-refractivity contribution in [3.8, 4) is 0 Å². The zero-order valence-electron chi connectivity index (χ0n) is 10.6. The van der Waals surface area contributed by atoms with Gasteiger partial charge in [-0.3, -0.25) is 0 Å². The molecule has 0 fully saturated rings. The molecule has 1 atom stereocenters. The molecule has 106 valence electrons. The van der Waals surface area contributed by atoms with E-state index in [1.807, 2.05) is 6.07 Å². The Morgan fingerprint density at radius 3 is 2.80 bits per heavy atom. The fourth-order valence-corrected chi connectivity index (χ4v) is 2.48. The van der Waals surface area contributed by atoms with Crippen LogP contribution in [0.15, 0.2) is 35.1 Å². The minimum absolute atomic E-state index is 0.0658. The lowest BCUT2D eigenvalue weighted by molar-refractivity contribution is -0.141. The van der Waals surface area contributed by atoms with Crippen molar-refractivity contribution in [2.45, 2.75) is 31.5 Å². The van der Waals surface area contributed by atoms with Gasteiger partial charge in [0.2, 0.25) is 0 Å². The summed E-state index contributed by atoms with van der Waals surface area (Å²) in [5, 5.41) is 3.21. The van der Waals surface area contributed by atoms with E-state index >= 15 is 0 Å². The lowest BCUT2D eigenvalue weighted by atomic mass is 9.93. The highest BCUT2D eigenvalue weighted by atomic mass is 19.4. The molecule has 1 aliphatic rings. The van der Waals surface area contributed by atoms with Crippen LogP contribution in [0.5, 0.6) is 0 Å². The molecule has 2 aromatic heterocycles. The van der Waals surface area contributed by atoms with E-state index in [9.17, 15) is 13.2 Å². The number of aryl methyl sites for hydroxylation is 1. The number of alkyl halides is 3. The van der Waals surface area contributed by atoms with Crippen molar-refractivity contribution in [3.05, 3.63) is 47.7 Å². The minimum Gasteiger partial charge on any atom is -0.469 e. The topological polar surface area (TPSA) is 38.1 Å². The third-order valence-electron chi connectivity index (χ3n) is 3.45. The van der Waals surface area contributed by atoms with Crippen molar-refractivity contribution in [2.24, 2.45) is 0 Å². The van der Waals surface area contributed by atoms with Crippen LogP contribution in [0.1, 0.15) is 35.9 Å². The Balaban J connectivity index is 1.77.